The van der Waals surface area contributed by atoms with E-state index in [-0.39, 0.29) is 23.3 Å². The molecule has 8 heteroatoms. The smallest absolute Gasteiger partial charge is 0.339 e. The number of amides is 1. The van der Waals surface area contributed by atoms with Gasteiger partial charge in [0.2, 0.25) is 0 Å². The van der Waals surface area contributed by atoms with Crippen LogP contribution >= 0.6 is 0 Å². The first kappa shape index (κ1) is 22.7. The zero-order valence-electron chi connectivity index (χ0n) is 19.6. The standard InChI is InChI=1S/C24H34N4O4/c1-5-18-21-19(13-24(14-25-22(21)29)7-11-31-12-8-24)28(27-18)9-6-10-32-23(30)20-15(2)16(3)26-17(20)4/h16H,5-14H2,1-4H3,(H,25,29). The van der Waals surface area contributed by atoms with Gasteiger partial charge in [0, 0.05) is 38.4 Å². The summed E-state index contributed by atoms with van der Waals surface area (Å²) in [5, 5.41) is 7.91. The van der Waals surface area contributed by atoms with Crippen molar-refractivity contribution in [3.8, 4) is 0 Å². The third kappa shape index (κ3) is 4.25. The maximum absolute atomic E-state index is 12.9. The molecule has 0 saturated carbocycles. The summed E-state index contributed by atoms with van der Waals surface area (Å²) in [6.45, 7) is 10.8. The van der Waals surface area contributed by atoms with Crippen molar-refractivity contribution in [2.24, 2.45) is 10.4 Å². The van der Waals surface area contributed by atoms with E-state index in [1.54, 1.807) is 0 Å². The fourth-order valence-electron chi connectivity index (χ4n) is 5.06. The summed E-state index contributed by atoms with van der Waals surface area (Å²) in [5.74, 6) is -0.326. The molecule has 0 bridgehead atoms. The summed E-state index contributed by atoms with van der Waals surface area (Å²) in [6, 6.07) is 0.0354. The van der Waals surface area contributed by atoms with Gasteiger partial charge in [0.15, 0.2) is 0 Å². The second kappa shape index (κ2) is 9.17. The fourth-order valence-corrected chi connectivity index (χ4v) is 5.06. The Morgan fingerprint density at radius 1 is 1.31 bits per heavy atom. The fraction of sp³-hybridized carbons (Fsp3) is 0.667. The van der Waals surface area contributed by atoms with Gasteiger partial charge in [-0.2, -0.15) is 5.10 Å². The zero-order valence-corrected chi connectivity index (χ0v) is 19.6. The molecule has 0 aliphatic carbocycles. The van der Waals surface area contributed by atoms with E-state index in [4.69, 9.17) is 14.6 Å². The van der Waals surface area contributed by atoms with Crippen molar-refractivity contribution in [3.63, 3.8) is 0 Å². The number of aromatic nitrogens is 2. The minimum absolute atomic E-state index is 0.0223. The van der Waals surface area contributed by atoms with E-state index in [9.17, 15) is 9.59 Å². The molecule has 0 aromatic carbocycles. The molecule has 1 aromatic heterocycles. The molecule has 1 N–H and O–H groups in total. The lowest BCUT2D eigenvalue weighted by atomic mass is 9.76. The SMILES string of the molecule is CCc1nn(CCCOC(=O)C2=C(C)C(C)N=C2C)c2c1C(=O)NCC1(CCOCC1)C2. The van der Waals surface area contributed by atoms with Gasteiger partial charge in [0.05, 0.1) is 35.2 Å². The lowest BCUT2D eigenvalue weighted by Gasteiger charge is -2.36. The Balaban J connectivity index is 1.45. The Bertz CT molecular complexity index is 969. The quantitative estimate of drug-likeness (QED) is 0.540. The largest absolute Gasteiger partial charge is 0.462 e. The van der Waals surface area contributed by atoms with Crippen molar-refractivity contribution in [3.05, 3.63) is 28.1 Å². The predicted octanol–water partition coefficient (Wildman–Crippen LogP) is 2.64. The zero-order chi connectivity index (χ0) is 22.9. The molecule has 1 spiro atoms. The number of nitrogens with one attached hydrogen (secondary N) is 1. The Morgan fingerprint density at radius 3 is 2.72 bits per heavy atom. The van der Waals surface area contributed by atoms with Crippen LogP contribution < -0.4 is 5.32 Å². The number of carbonyl (C=O) groups is 2. The summed E-state index contributed by atoms with van der Waals surface area (Å²) in [4.78, 5) is 29.9. The van der Waals surface area contributed by atoms with Crippen LogP contribution in [-0.2, 0) is 33.7 Å². The van der Waals surface area contributed by atoms with Crippen LogP contribution in [0.25, 0.3) is 0 Å². The Kier molecular flexibility index (Phi) is 6.51. The molecule has 3 aliphatic rings. The molecule has 1 saturated heterocycles. The summed E-state index contributed by atoms with van der Waals surface area (Å²) in [6.07, 6.45) is 4.03. The molecule has 4 rings (SSSR count). The Morgan fingerprint density at radius 2 is 2.06 bits per heavy atom. The summed E-state index contributed by atoms with van der Waals surface area (Å²) in [5.41, 5.74) is 4.93. The van der Waals surface area contributed by atoms with Crippen LogP contribution in [0.2, 0.25) is 0 Å². The van der Waals surface area contributed by atoms with Gasteiger partial charge in [0.1, 0.15) is 0 Å². The molecular formula is C24H34N4O4. The highest BCUT2D eigenvalue weighted by Crippen LogP contribution is 2.37. The van der Waals surface area contributed by atoms with Gasteiger partial charge in [0.25, 0.3) is 5.91 Å². The van der Waals surface area contributed by atoms with Gasteiger partial charge in [-0.05, 0) is 57.4 Å². The summed E-state index contributed by atoms with van der Waals surface area (Å²) < 4.78 is 13.1. The van der Waals surface area contributed by atoms with E-state index in [1.165, 1.54) is 0 Å². The van der Waals surface area contributed by atoms with Gasteiger partial charge < -0.3 is 14.8 Å². The van der Waals surface area contributed by atoms with Crippen molar-refractivity contribution in [2.75, 3.05) is 26.4 Å². The first-order chi connectivity index (χ1) is 15.3. The van der Waals surface area contributed by atoms with Crippen LogP contribution in [-0.4, -0.2) is 59.8 Å². The van der Waals surface area contributed by atoms with Crippen LogP contribution in [0.3, 0.4) is 0 Å². The number of fused-ring (bicyclic) bond motifs is 1. The van der Waals surface area contributed by atoms with Crippen LogP contribution in [0, 0.1) is 5.41 Å². The van der Waals surface area contributed by atoms with Gasteiger partial charge in [-0.15, -0.1) is 0 Å². The molecule has 1 atom stereocenters. The average Bonchev–Trinajstić information content (AvgIpc) is 3.20. The monoisotopic (exact) mass is 442 g/mol. The third-order valence-corrected chi connectivity index (χ3v) is 7.13. The molecule has 1 unspecified atom stereocenters. The number of rotatable bonds is 6. The van der Waals surface area contributed by atoms with E-state index in [0.29, 0.717) is 38.1 Å². The van der Waals surface area contributed by atoms with E-state index >= 15 is 0 Å². The highest BCUT2D eigenvalue weighted by atomic mass is 16.5. The van der Waals surface area contributed by atoms with E-state index in [2.05, 4.69) is 10.3 Å². The van der Waals surface area contributed by atoms with E-state index in [0.717, 1.165) is 60.7 Å². The molecule has 3 aliphatic heterocycles. The minimum Gasteiger partial charge on any atom is -0.462 e. The molecular weight excluding hydrogens is 408 g/mol. The highest BCUT2D eigenvalue weighted by molar-refractivity contribution is 6.20. The molecule has 1 fully saturated rings. The van der Waals surface area contributed by atoms with E-state index in [1.807, 2.05) is 32.4 Å². The number of nitrogens with zero attached hydrogens (tertiary/aromatic N) is 3. The minimum atomic E-state index is -0.304. The first-order valence-electron chi connectivity index (χ1n) is 11.7. The Hall–Kier alpha value is -2.48. The number of ether oxygens (including phenoxy) is 2. The second-order valence-corrected chi connectivity index (χ2v) is 9.25. The summed E-state index contributed by atoms with van der Waals surface area (Å²) >= 11 is 0. The lowest BCUT2D eigenvalue weighted by molar-refractivity contribution is -0.138. The number of aliphatic imine (C=N–C) groups is 1. The van der Waals surface area contributed by atoms with Gasteiger partial charge >= 0.3 is 5.97 Å². The van der Waals surface area contributed by atoms with Crippen molar-refractivity contribution >= 4 is 17.6 Å². The number of aryl methyl sites for hydroxylation is 2. The van der Waals surface area contributed by atoms with Crippen LogP contribution in [0.15, 0.2) is 16.1 Å². The van der Waals surface area contributed by atoms with Crippen molar-refractivity contribution in [1.82, 2.24) is 15.1 Å². The molecule has 1 aromatic rings. The highest BCUT2D eigenvalue weighted by Gasteiger charge is 2.39. The van der Waals surface area contributed by atoms with Gasteiger partial charge in [-0.25, -0.2) is 4.79 Å². The predicted molar refractivity (Wildman–Crippen MR) is 121 cm³/mol. The van der Waals surface area contributed by atoms with Crippen LogP contribution in [0.1, 0.15) is 68.7 Å². The Labute approximate surface area is 189 Å². The van der Waals surface area contributed by atoms with Crippen LogP contribution in [0.5, 0.6) is 0 Å². The molecule has 174 valence electrons. The maximum Gasteiger partial charge on any atom is 0.339 e. The number of hydrogen-bond acceptors (Lipinski definition) is 6. The number of carbonyl (C=O) groups excluding carboxylic acids is 2. The van der Waals surface area contributed by atoms with Crippen molar-refractivity contribution < 1.29 is 19.1 Å². The lowest BCUT2D eigenvalue weighted by Crippen LogP contribution is -2.40. The first-order valence-corrected chi connectivity index (χ1v) is 11.7. The molecule has 1 amide bonds. The van der Waals surface area contributed by atoms with Crippen LogP contribution in [0.4, 0.5) is 0 Å². The van der Waals surface area contributed by atoms with E-state index < -0.39 is 0 Å². The van der Waals surface area contributed by atoms with Crippen molar-refractivity contribution in [2.45, 2.75) is 72.4 Å². The average molecular weight is 443 g/mol. The van der Waals surface area contributed by atoms with Gasteiger partial charge in [-0.3, -0.25) is 14.5 Å². The van der Waals surface area contributed by atoms with Crippen molar-refractivity contribution in [1.29, 1.82) is 0 Å². The topological polar surface area (TPSA) is 94.8 Å². The molecule has 0 radical (unpaired) electrons. The number of hydrogen-bond donors (Lipinski definition) is 1. The molecule has 32 heavy (non-hydrogen) atoms. The molecule has 4 heterocycles. The normalized spacial score (nSPS) is 22.4. The van der Waals surface area contributed by atoms with Gasteiger partial charge in [-0.1, -0.05) is 6.92 Å². The summed E-state index contributed by atoms with van der Waals surface area (Å²) in [7, 11) is 0. The molecule has 8 nitrogen and oxygen atoms in total. The third-order valence-electron chi connectivity index (χ3n) is 7.13. The maximum atomic E-state index is 12.9. The second-order valence-electron chi connectivity index (χ2n) is 9.25. The number of esters is 1.